The Hall–Kier alpha value is -0.120. The molecule has 2 N–H and O–H groups in total. The molecule has 1 rings (SSSR count). The van der Waals surface area contributed by atoms with Crippen molar-refractivity contribution in [3.63, 3.8) is 0 Å². The number of β-amino-alcohol motifs (C(OH)–C–C–N with tert-alkyl or cyclic N) is 1. The Morgan fingerprint density at radius 3 is 2.91 bits per heavy atom. The summed E-state index contributed by atoms with van der Waals surface area (Å²) in [4.78, 5) is 2.30. The molecule has 1 aliphatic heterocycles. The summed E-state index contributed by atoms with van der Waals surface area (Å²) in [6, 6.07) is 0. The number of aliphatic hydroxyl groups excluding tert-OH is 1. The van der Waals surface area contributed by atoms with Gasteiger partial charge >= 0.3 is 0 Å². The first-order valence-corrected chi connectivity index (χ1v) is 4.32. The Labute approximate surface area is 68.4 Å². The van der Waals surface area contributed by atoms with Gasteiger partial charge < -0.3 is 5.11 Å². The van der Waals surface area contributed by atoms with E-state index in [4.69, 9.17) is 0 Å². The first-order valence-electron chi connectivity index (χ1n) is 4.32. The average Bonchev–Trinajstić information content (AvgIpc) is 1.85. The van der Waals surface area contributed by atoms with Gasteiger partial charge in [-0.2, -0.15) is 0 Å². The zero-order chi connectivity index (χ0) is 8.27. The second-order valence-electron chi connectivity index (χ2n) is 3.62. The summed E-state index contributed by atoms with van der Waals surface area (Å²) < 4.78 is 0. The molecular formula is C8H18N2O. The quantitative estimate of drug-likeness (QED) is 0.587. The Morgan fingerprint density at radius 1 is 1.64 bits per heavy atom. The molecule has 0 aromatic rings. The van der Waals surface area contributed by atoms with Crippen molar-refractivity contribution in [2.75, 3.05) is 26.2 Å². The maximum Gasteiger partial charge on any atom is 0.117 e. The van der Waals surface area contributed by atoms with E-state index in [1.54, 1.807) is 0 Å². The van der Waals surface area contributed by atoms with Crippen LogP contribution in [0, 0.1) is 5.92 Å². The third kappa shape index (κ3) is 3.18. The van der Waals surface area contributed by atoms with Crippen LogP contribution in [0.15, 0.2) is 0 Å². The molecule has 11 heavy (non-hydrogen) atoms. The largest absolute Gasteiger partial charge is 0.377 e. The summed E-state index contributed by atoms with van der Waals surface area (Å²) in [5, 5.41) is 12.2. The van der Waals surface area contributed by atoms with Crippen LogP contribution in [-0.4, -0.2) is 42.4 Å². The molecule has 66 valence electrons. The van der Waals surface area contributed by atoms with Crippen LogP contribution in [0.1, 0.15) is 13.8 Å². The molecule has 1 aliphatic rings. The predicted octanol–water partition coefficient (Wildman–Crippen LogP) is -0.134. The second-order valence-corrected chi connectivity index (χ2v) is 3.62. The molecule has 0 aromatic carbocycles. The van der Waals surface area contributed by atoms with Crippen LogP contribution in [0.2, 0.25) is 0 Å². The zero-order valence-corrected chi connectivity index (χ0v) is 7.38. The van der Waals surface area contributed by atoms with Gasteiger partial charge in [-0.3, -0.25) is 10.2 Å². The molecule has 1 saturated heterocycles. The third-order valence-corrected chi connectivity index (χ3v) is 1.86. The van der Waals surface area contributed by atoms with Crippen molar-refractivity contribution in [2.45, 2.75) is 20.1 Å². The first-order chi connectivity index (χ1) is 5.18. The van der Waals surface area contributed by atoms with Crippen molar-refractivity contribution in [2.24, 2.45) is 5.92 Å². The molecule has 0 aliphatic carbocycles. The van der Waals surface area contributed by atoms with Crippen molar-refractivity contribution in [3.05, 3.63) is 0 Å². The number of nitrogens with one attached hydrogen (secondary N) is 1. The number of hydrogen-bond acceptors (Lipinski definition) is 3. The lowest BCUT2D eigenvalue weighted by Gasteiger charge is -2.31. The van der Waals surface area contributed by atoms with E-state index < -0.39 is 0 Å². The number of nitrogens with zero attached hydrogens (tertiary/aromatic N) is 1. The van der Waals surface area contributed by atoms with Crippen LogP contribution in [0.4, 0.5) is 0 Å². The first kappa shape index (κ1) is 8.97. The van der Waals surface area contributed by atoms with E-state index in [9.17, 15) is 5.11 Å². The lowest BCUT2D eigenvalue weighted by atomic mass is 10.2. The highest BCUT2D eigenvalue weighted by atomic mass is 16.3. The standard InChI is InChI=1S/C8H18N2O/c1-7(2)5-10-4-3-9-8(11)6-10/h7-9,11H,3-6H2,1-2H3. The lowest BCUT2D eigenvalue weighted by Crippen LogP contribution is -2.51. The fraction of sp³-hybridized carbons (Fsp3) is 1.00. The summed E-state index contributed by atoms with van der Waals surface area (Å²) in [5.74, 6) is 0.695. The fourth-order valence-corrected chi connectivity index (χ4v) is 1.47. The van der Waals surface area contributed by atoms with Crippen molar-refractivity contribution >= 4 is 0 Å². The number of hydrogen-bond donors (Lipinski definition) is 2. The maximum absolute atomic E-state index is 9.24. The minimum absolute atomic E-state index is 0.317. The molecule has 0 saturated carbocycles. The van der Waals surface area contributed by atoms with Crippen molar-refractivity contribution in [3.8, 4) is 0 Å². The van der Waals surface area contributed by atoms with Gasteiger partial charge in [-0.1, -0.05) is 13.8 Å². The molecule has 0 aromatic heterocycles. The molecule has 0 spiro atoms. The molecule has 1 atom stereocenters. The van der Waals surface area contributed by atoms with E-state index in [0.717, 1.165) is 26.2 Å². The zero-order valence-electron chi connectivity index (χ0n) is 7.38. The molecule has 1 fully saturated rings. The smallest absolute Gasteiger partial charge is 0.117 e. The van der Waals surface area contributed by atoms with Gasteiger partial charge in [0.15, 0.2) is 0 Å². The average molecular weight is 158 g/mol. The van der Waals surface area contributed by atoms with Gasteiger partial charge in [-0.15, -0.1) is 0 Å². The van der Waals surface area contributed by atoms with Gasteiger partial charge in [0.05, 0.1) is 0 Å². The minimum Gasteiger partial charge on any atom is -0.377 e. The summed E-state index contributed by atoms with van der Waals surface area (Å²) in [6.07, 6.45) is -0.317. The highest BCUT2D eigenvalue weighted by Crippen LogP contribution is 2.01. The van der Waals surface area contributed by atoms with Gasteiger partial charge in [0.2, 0.25) is 0 Å². The molecule has 1 heterocycles. The lowest BCUT2D eigenvalue weighted by molar-refractivity contribution is 0.0495. The topological polar surface area (TPSA) is 35.5 Å². The van der Waals surface area contributed by atoms with E-state index >= 15 is 0 Å². The number of piperazine rings is 1. The van der Waals surface area contributed by atoms with Crippen molar-refractivity contribution in [1.82, 2.24) is 10.2 Å². The Morgan fingerprint density at radius 2 is 2.36 bits per heavy atom. The molecule has 0 amide bonds. The fourth-order valence-electron chi connectivity index (χ4n) is 1.47. The van der Waals surface area contributed by atoms with Gasteiger partial charge in [0.1, 0.15) is 6.23 Å². The van der Waals surface area contributed by atoms with E-state index in [-0.39, 0.29) is 6.23 Å². The predicted molar refractivity (Wildman–Crippen MR) is 45.3 cm³/mol. The highest BCUT2D eigenvalue weighted by molar-refractivity contribution is 4.71. The molecule has 1 unspecified atom stereocenters. The van der Waals surface area contributed by atoms with Crippen LogP contribution < -0.4 is 5.32 Å². The van der Waals surface area contributed by atoms with Crippen LogP contribution in [0.3, 0.4) is 0 Å². The van der Waals surface area contributed by atoms with E-state index in [2.05, 4.69) is 24.1 Å². The van der Waals surface area contributed by atoms with Gasteiger partial charge in [-0.25, -0.2) is 0 Å². The van der Waals surface area contributed by atoms with Crippen LogP contribution in [-0.2, 0) is 0 Å². The molecular weight excluding hydrogens is 140 g/mol. The summed E-state index contributed by atoms with van der Waals surface area (Å²) in [7, 11) is 0. The van der Waals surface area contributed by atoms with Crippen molar-refractivity contribution < 1.29 is 5.11 Å². The second kappa shape index (κ2) is 4.04. The van der Waals surface area contributed by atoms with Gasteiger partial charge in [-0.05, 0) is 5.92 Å². The van der Waals surface area contributed by atoms with Crippen LogP contribution in [0.25, 0.3) is 0 Å². The SMILES string of the molecule is CC(C)CN1CCNC(O)C1. The third-order valence-electron chi connectivity index (χ3n) is 1.86. The summed E-state index contributed by atoms with van der Waals surface area (Å²) in [5.41, 5.74) is 0. The number of aliphatic hydroxyl groups is 1. The monoisotopic (exact) mass is 158 g/mol. The normalized spacial score (nSPS) is 27.8. The maximum atomic E-state index is 9.24. The Kier molecular flexibility index (Phi) is 3.30. The molecule has 3 heteroatoms. The summed E-state index contributed by atoms with van der Waals surface area (Å²) >= 11 is 0. The Bertz CT molecular complexity index is 115. The summed E-state index contributed by atoms with van der Waals surface area (Å²) in [6.45, 7) is 8.25. The van der Waals surface area contributed by atoms with E-state index in [1.165, 1.54) is 0 Å². The van der Waals surface area contributed by atoms with Crippen LogP contribution in [0.5, 0.6) is 0 Å². The van der Waals surface area contributed by atoms with E-state index in [0.29, 0.717) is 5.92 Å². The van der Waals surface area contributed by atoms with E-state index in [1.807, 2.05) is 0 Å². The number of rotatable bonds is 2. The molecule has 0 bridgehead atoms. The van der Waals surface area contributed by atoms with Gasteiger partial charge in [0.25, 0.3) is 0 Å². The minimum atomic E-state index is -0.317. The van der Waals surface area contributed by atoms with Crippen LogP contribution >= 0.6 is 0 Å². The Balaban J connectivity index is 2.23. The molecule has 3 nitrogen and oxygen atoms in total. The van der Waals surface area contributed by atoms with Crippen molar-refractivity contribution in [1.29, 1.82) is 0 Å². The molecule has 0 radical (unpaired) electrons. The highest BCUT2D eigenvalue weighted by Gasteiger charge is 2.16. The van der Waals surface area contributed by atoms with Gasteiger partial charge in [0, 0.05) is 26.2 Å².